The van der Waals surface area contributed by atoms with Gasteiger partial charge in [-0.05, 0) is 69.0 Å². The van der Waals surface area contributed by atoms with Gasteiger partial charge in [-0.1, -0.05) is 19.1 Å². The van der Waals surface area contributed by atoms with Gasteiger partial charge in [0.05, 0.1) is 12.0 Å². The molecule has 2 unspecified atom stereocenters. The summed E-state index contributed by atoms with van der Waals surface area (Å²) in [5.74, 6) is 0. The van der Waals surface area contributed by atoms with Crippen molar-refractivity contribution in [2.45, 2.75) is 45.7 Å². The van der Waals surface area contributed by atoms with Gasteiger partial charge in [-0.2, -0.15) is 0 Å². The summed E-state index contributed by atoms with van der Waals surface area (Å²) in [6.07, 6.45) is 8.11. The fourth-order valence-corrected chi connectivity index (χ4v) is 4.27. The van der Waals surface area contributed by atoms with Crippen LogP contribution in [-0.4, -0.2) is 35.4 Å². The number of thiophene rings is 1. The van der Waals surface area contributed by atoms with Crippen molar-refractivity contribution in [2.75, 3.05) is 7.05 Å². The molecule has 0 radical (unpaired) electrons. The van der Waals surface area contributed by atoms with E-state index >= 15 is 0 Å². The minimum atomic E-state index is 0.462. The standard InChI is InChI=1S/C18H24N4.C5H6S/c1-4-15-8-13(7-12(2)22(15)3)17-10-20-18-6-5-14(21-11-19)9-16(17)18;1-5-3-2-4-6-5/h5-7,9-12,15,20H,4,8H2,1-3H3,(H2,19,21);2-4H,1H3. The van der Waals surface area contributed by atoms with E-state index in [2.05, 4.69) is 84.6 Å². The molecule has 0 amide bonds. The van der Waals surface area contributed by atoms with Gasteiger partial charge < -0.3 is 10.7 Å². The molecule has 2 aromatic heterocycles. The Bertz CT molecular complexity index is 952. The third-order valence-corrected chi connectivity index (χ3v) is 6.29. The number of likely N-dealkylation sites (N-methyl/N-ethyl adjacent to an activating group) is 1. The van der Waals surface area contributed by atoms with E-state index in [1.807, 2.05) is 6.07 Å². The molecule has 0 spiro atoms. The zero-order chi connectivity index (χ0) is 20.1. The number of hydrogen-bond acceptors (Lipinski definition) is 3. The zero-order valence-electron chi connectivity index (χ0n) is 17.1. The smallest absolute Gasteiger partial charge is 0.0860 e. The fraction of sp³-hybridized carbons (Fsp3) is 0.348. The number of aromatic amines is 1. The Hall–Kier alpha value is -2.37. The second-order valence-corrected chi connectivity index (χ2v) is 8.45. The summed E-state index contributed by atoms with van der Waals surface area (Å²) in [7, 11) is 2.22. The summed E-state index contributed by atoms with van der Waals surface area (Å²) < 4.78 is 0. The molecule has 1 aliphatic rings. The second-order valence-electron chi connectivity index (χ2n) is 7.30. The molecule has 28 heavy (non-hydrogen) atoms. The van der Waals surface area contributed by atoms with Crippen LogP contribution in [0.4, 0.5) is 5.69 Å². The van der Waals surface area contributed by atoms with Crippen molar-refractivity contribution in [1.29, 1.82) is 0 Å². The number of benzene rings is 1. The topological polar surface area (TPSA) is 57.4 Å². The van der Waals surface area contributed by atoms with E-state index in [-0.39, 0.29) is 0 Å². The molecule has 0 bridgehead atoms. The fourth-order valence-electron chi connectivity index (χ4n) is 3.74. The predicted molar refractivity (Wildman–Crippen MR) is 124 cm³/mol. The van der Waals surface area contributed by atoms with Gasteiger partial charge in [0, 0.05) is 39.6 Å². The highest BCUT2D eigenvalue weighted by atomic mass is 32.1. The third-order valence-electron chi connectivity index (χ3n) is 5.49. The summed E-state index contributed by atoms with van der Waals surface area (Å²) in [4.78, 5) is 11.4. The first-order valence-electron chi connectivity index (χ1n) is 9.82. The van der Waals surface area contributed by atoms with Crippen LogP contribution in [0.2, 0.25) is 0 Å². The Kier molecular flexibility index (Phi) is 6.70. The molecule has 0 saturated heterocycles. The molecule has 3 N–H and O–H groups in total. The number of aryl methyl sites for hydroxylation is 1. The minimum absolute atomic E-state index is 0.462. The summed E-state index contributed by atoms with van der Waals surface area (Å²) in [6.45, 7) is 6.63. The predicted octanol–water partition coefficient (Wildman–Crippen LogP) is 5.73. The molecule has 5 heteroatoms. The van der Waals surface area contributed by atoms with Crippen molar-refractivity contribution in [3.05, 3.63) is 58.4 Å². The van der Waals surface area contributed by atoms with Crippen LogP contribution in [0, 0.1) is 6.92 Å². The van der Waals surface area contributed by atoms with Crippen molar-refractivity contribution in [1.82, 2.24) is 9.88 Å². The van der Waals surface area contributed by atoms with E-state index in [0.717, 1.165) is 17.6 Å². The minimum Gasteiger partial charge on any atom is -0.390 e. The normalized spacial score (nSPS) is 20.2. The van der Waals surface area contributed by atoms with Crippen LogP contribution in [0.1, 0.15) is 37.1 Å². The van der Waals surface area contributed by atoms with E-state index in [1.54, 1.807) is 11.3 Å². The second kappa shape index (κ2) is 9.22. The van der Waals surface area contributed by atoms with Crippen LogP contribution in [0.25, 0.3) is 16.5 Å². The van der Waals surface area contributed by atoms with Crippen LogP contribution >= 0.6 is 11.3 Å². The number of hydrogen-bond donors (Lipinski definition) is 2. The van der Waals surface area contributed by atoms with Crippen LogP contribution in [0.3, 0.4) is 0 Å². The molecule has 0 saturated carbocycles. The number of fused-ring (bicyclic) bond motifs is 1. The van der Waals surface area contributed by atoms with Gasteiger partial charge in [0.15, 0.2) is 0 Å². The first-order valence-corrected chi connectivity index (χ1v) is 10.7. The van der Waals surface area contributed by atoms with E-state index in [0.29, 0.717) is 12.1 Å². The zero-order valence-corrected chi connectivity index (χ0v) is 18.0. The average Bonchev–Trinajstić information content (AvgIpc) is 3.33. The molecule has 1 aromatic carbocycles. The van der Waals surface area contributed by atoms with Gasteiger partial charge in [0.2, 0.25) is 0 Å². The molecule has 4 nitrogen and oxygen atoms in total. The van der Waals surface area contributed by atoms with E-state index in [9.17, 15) is 0 Å². The van der Waals surface area contributed by atoms with E-state index in [4.69, 9.17) is 5.73 Å². The highest BCUT2D eigenvalue weighted by Gasteiger charge is 2.25. The molecule has 3 aromatic rings. The molecule has 3 heterocycles. The van der Waals surface area contributed by atoms with Gasteiger partial charge >= 0.3 is 0 Å². The number of aliphatic imine (C=N–C) groups is 1. The number of nitrogens with zero attached hydrogens (tertiary/aromatic N) is 2. The van der Waals surface area contributed by atoms with E-state index < -0.39 is 0 Å². The lowest BCUT2D eigenvalue weighted by Crippen LogP contribution is -2.40. The van der Waals surface area contributed by atoms with Gasteiger partial charge in [-0.25, -0.2) is 4.99 Å². The van der Waals surface area contributed by atoms with Crippen molar-refractivity contribution >= 4 is 39.8 Å². The van der Waals surface area contributed by atoms with E-state index in [1.165, 1.54) is 34.2 Å². The van der Waals surface area contributed by atoms with Crippen LogP contribution < -0.4 is 5.73 Å². The molecule has 1 aliphatic heterocycles. The van der Waals surface area contributed by atoms with Crippen LogP contribution in [0.15, 0.2) is 53.0 Å². The maximum Gasteiger partial charge on any atom is 0.0860 e. The number of aromatic nitrogens is 1. The molecule has 4 rings (SSSR count). The first-order chi connectivity index (χ1) is 13.5. The summed E-state index contributed by atoms with van der Waals surface area (Å²) in [5.41, 5.74) is 10.2. The van der Waals surface area contributed by atoms with Crippen LogP contribution in [0.5, 0.6) is 0 Å². The number of H-pyrrole nitrogens is 1. The van der Waals surface area contributed by atoms with Crippen molar-refractivity contribution < 1.29 is 0 Å². The Morgan fingerprint density at radius 3 is 2.79 bits per heavy atom. The number of nitrogens with one attached hydrogen (secondary N) is 1. The van der Waals surface area contributed by atoms with Gasteiger partial charge in [-0.15, -0.1) is 11.3 Å². The van der Waals surface area contributed by atoms with Gasteiger partial charge in [0.25, 0.3) is 0 Å². The first kappa shape index (κ1) is 20.4. The van der Waals surface area contributed by atoms with Crippen molar-refractivity contribution in [3.8, 4) is 0 Å². The lowest BCUT2D eigenvalue weighted by molar-refractivity contribution is 0.200. The Morgan fingerprint density at radius 1 is 1.36 bits per heavy atom. The lowest BCUT2D eigenvalue weighted by Gasteiger charge is -2.36. The molecular weight excluding hydrogens is 364 g/mol. The maximum atomic E-state index is 5.41. The Morgan fingerprint density at radius 2 is 2.18 bits per heavy atom. The maximum absolute atomic E-state index is 5.41. The number of rotatable bonds is 3. The van der Waals surface area contributed by atoms with Crippen molar-refractivity contribution in [3.63, 3.8) is 0 Å². The summed E-state index contributed by atoms with van der Waals surface area (Å²) in [6, 6.07) is 11.4. The number of nitrogens with two attached hydrogens (primary N) is 1. The lowest BCUT2D eigenvalue weighted by atomic mass is 9.90. The highest BCUT2D eigenvalue weighted by Crippen LogP contribution is 2.35. The Labute approximate surface area is 171 Å². The molecule has 0 aliphatic carbocycles. The highest BCUT2D eigenvalue weighted by molar-refractivity contribution is 7.09. The molecule has 2 atom stereocenters. The molecular formula is C23H30N4S. The van der Waals surface area contributed by atoms with Gasteiger partial charge in [0.1, 0.15) is 0 Å². The quantitative estimate of drug-likeness (QED) is 0.440. The van der Waals surface area contributed by atoms with Gasteiger partial charge in [-0.3, -0.25) is 4.90 Å². The summed E-state index contributed by atoms with van der Waals surface area (Å²) in [5, 5.41) is 3.30. The Balaban J connectivity index is 0.000000320. The molecule has 148 valence electrons. The largest absolute Gasteiger partial charge is 0.390 e. The molecule has 0 fully saturated rings. The SMILES string of the molecule is CCC1CC(c2c[nH]c3ccc(N=CN)cc23)=CC(C)N1C.Cc1cccs1. The summed E-state index contributed by atoms with van der Waals surface area (Å²) >= 11 is 1.78. The third kappa shape index (κ3) is 4.54. The monoisotopic (exact) mass is 394 g/mol. The van der Waals surface area contributed by atoms with Crippen LogP contribution in [-0.2, 0) is 0 Å². The average molecular weight is 395 g/mol. The van der Waals surface area contributed by atoms with Crippen molar-refractivity contribution in [2.24, 2.45) is 10.7 Å².